The average molecular weight is 294 g/mol. The number of aromatic nitrogens is 2. The molecule has 5 heteroatoms. The van der Waals surface area contributed by atoms with Crippen molar-refractivity contribution in [1.82, 2.24) is 9.97 Å². The van der Waals surface area contributed by atoms with E-state index < -0.39 is 0 Å². The highest BCUT2D eigenvalue weighted by atomic mass is 79.9. The quantitative estimate of drug-likeness (QED) is 0.879. The maximum atomic E-state index is 5.26. The molecule has 1 fully saturated rings. The summed E-state index contributed by atoms with van der Waals surface area (Å²) in [5.74, 6) is 3.22. The summed E-state index contributed by atoms with van der Waals surface area (Å²) < 4.78 is 6.09. The summed E-state index contributed by atoms with van der Waals surface area (Å²) in [5.41, 5.74) is 0. The molecule has 2 heterocycles. The standard InChI is InChI=1S/C12H12BrN3O/c13-10-6-11(14-7-9-2-1-5-17-9)16-12(15-10)8-3-4-8/h1-2,5-6,8H,3-4,7H2,(H,14,15,16). The van der Waals surface area contributed by atoms with Crippen molar-refractivity contribution in [1.29, 1.82) is 0 Å². The molecule has 0 aliphatic heterocycles. The molecule has 0 bridgehead atoms. The van der Waals surface area contributed by atoms with Crippen molar-refractivity contribution < 1.29 is 4.42 Å². The molecule has 0 atom stereocenters. The zero-order valence-corrected chi connectivity index (χ0v) is 10.8. The second-order valence-electron chi connectivity index (χ2n) is 4.14. The van der Waals surface area contributed by atoms with Crippen molar-refractivity contribution in [2.75, 3.05) is 5.32 Å². The molecular formula is C12H12BrN3O. The minimum atomic E-state index is 0.552. The van der Waals surface area contributed by atoms with E-state index in [1.54, 1.807) is 6.26 Å². The zero-order chi connectivity index (χ0) is 11.7. The molecule has 4 nitrogen and oxygen atoms in total. The molecule has 1 aliphatic carbocycles. The highest BCUT2D eigenvalue weighted by molar-refractivity contribution is 9.10. The van der Waals surface area contributed by atoms with Crippen LogP contribution < -0.4 is 5.32 Å². The molecule has 1 N–H and O–H groups in total. The Morgan fingerprint density at radius 1 is 1.41 bits per heavy atom. The first-order valence-electron chi connectivity index (χ1n) is 5.62. The minimum absolute atomic E-state index is 0.552. The smallest absolute Gasteiger partial charge is 0.135 e. The van der Waals surface area contributed by atoms with E-state index in [1.807, 2.05) is 18.2 Å². The summed E-state index contributed by atoms with van der Waals surface area (Å²) in [5, 5.41) is 3.24. The van der Waals surface area contributed by atoms with Crippen LogP contribution in [0.15, 0.2) is 33.5 Å². The third-order valence-corrected chi connectivity index (χ3v) is 3.08. The van der Waals surface area contributed by atoms with Gasteiger partial charge in [0.1, 0.15) is 22.0 Å². The number of furan rings is 1. The first-order valence-corrected chi connectivity index (χ1v) is 6.41. The predicted octanol–water partition coefficient (Wildman–Crippen LogP) is 3.32. The fraction of sp³-hybridized carbons (Fsp3) is 0.333. The number of anilines is 1. The van der Waals surface area contributed by atoms with Crippen LogP contribution >= 0.6 is 15.9 Å². The third-order valence-electron chi connectivity index (χ3n) is 2.68. The van der Waals surface area contributed by atoms with Gasteiger partial charge in [0.25, 0.3) is 0 Å². The lowest BCUT2D eigenvalue weighted by Gasteiger charge is -2.06. The normalized spacial score (nSPS) is 14.9. The van der Waals surface area contributed by atoms with E-state index in [4.69, 9.17) is 4.42 Å². The number of hydrogen-bond donors (Lipinski definition) is 1. The molecule has 0 amide bonds. The van der Waals surface area contributed by atoms with Crippen LogP contribution in [0.2, 0.25) is 0 Å². The highest BCUT2D eigenvalue weighted by Gasteiger charge is 2.27. The van der Waals surface area contributed by atoms with Gasteiger partial charge >= 0.3 is 0 Å². The molecule has 88 valence electrons. The molecule has 0 saturated heterocycles. The number of halogens is 1. The van der Waals surface area contributed by atoms with Gasteiger partial charge in [-0.15, -0.1) is 0 Å². The Kier molecular flexibility index (Phi) is 2.84. The van der Waals surface area contributed by atoms with Crippen LogP contribution in [0, 0.1) is 0 Å². The van der Waals surface area contributed by atoms with Gasteiger partial charge in [0.2, 0.25) is 0 Å². The third kappa shape index (κ3) is 2.66. The predicted molar refractivity (Wildman–Crippen MR) is 67.7 cm³/mol. The van der Waals surface area contributed by atoms with Gasteiger partial charge in [-0.25, -0.2) is 9.97 Å². The van der Waals surface area contributed by atoms with E-state index in [9.17, 15) is 0 Å². The van der Waals surface area contributed by atoms with Crippen LogP contribution in [0.5, 0.6) is 0 Å². The number of hydrogen-bond acceptors (Lipinski definition) is 4. The van der Waals surface area contributed by atoms with Gasteiger partial charge < -0.3 is 9.73 Å². The van der Waals surface area contributed by atoms with Crippen LogP contribution in [0.1, 0.15) is 30.3 Å². The number of rotatable bonds is 4. The van der Waals surface area contributed by atoms with Crippen LogP contribution in [-0.2, 0) is 6.54 Å². The Labute approximate surface area is 108 Å². The van der Waals surface area contributed by atoms with Gasteiger partial charge in [0.05, 0.1) is 12.8 Å². The summed E-state index contributed by atoms with van der Waals surface area (Å²) in [6, 6.07) is 5.70. The summed E-state index contributed by atoms with van der Waals surface area (Å²) in [6.07, 6.45) is 4.07. The Morgan fingerprint density at radius 3 is 3.00 bits per heavy atom. The molecule has 0 radical (unpaired) electrons. The molecule has 1 aliphatic rings. The minimum Gasteiger partial charge on any atom is -0.467 e. The monoisotopic (exact) mass is 293 g/mol. The van der Waals surface area contributed by atoms with Gasteiger partial charge in [-0.1, -0.05) is 0 Å². The van der Waals surface area contributed by atoms with E-state index in [0.717, 1.165) is 22.0 Å². The maximum Gasteiger partial charge on any atom is 0.135 e. The molecule has 2 aromatic heterocycles. The first kappa shape index (κ1) is 10.8. The molecule has 2 aromatic rings. The molecule has 1 saturated carbocycles. The lowest BCUT2D eigenvalue weighted by atomic mass is 10.4. The first-order chi connectivity index (χ1) is 8.31. The van der Waals surface area contributed by atoms with Crippen molar-refractivity contribution in [3.63, 3.8) is 0 Å². The van der Waals surface area contributed by atoms with Gasteiger partial charge in [-0.2, -0.15) is 0 Å². The second kappa shape index (κ2) is 4.49. The van der Waals surface area contributed by atoms with Crippen molar-refractivity contribution in [2.45, 2.75) is 25.3 Å². The summed E-state index contributed by atoms with van der Waals surface area (Å²) in [7, 11) is 0. The molecule has 0 spiro atoms. The lowest BCUT2D eigenvalue weighted by Crippen LogP contribution is -2.03. The summed E-state index contributed by atoms with van der Waals surface area (Å²) in [4.78, 5) is 8.88. The van der Waals surface area contributed by atoms with Crippen LogP contribution in [0.3, 0.4) is 0 Å². The van der Waals surface area contributed by atoms with Crippen LogP contribution in [0.4, 0.5) is 5.82 Å². The fourth-order valence-electron chi connectivity index (χ4n) is 1.64. The Hall–Kier alpha value is -1.36. The lowest BCUT2D eigenvalue weighted by molar-refractivity contribution is 0.517. The van der Waals surface area contributed by atoms with Crippen molar-refractivity contribution in [3.05, 3.63) is 40.7 Å². The summed E-state index contributed by atoms with van der Waals surface area (Å²) in [6.45, 7) is 0.639. The van der Waals surface area contributed by atoms with Crippen molar-refractivity contribution in [3.8, 4) is 0 Å². The van der Waals surface area contributed by atoms with E-state index in [2.05, 4.69) is 31.2 Å². The van der Waals surface area contributed by atoms with Crippen LogP contribution in [-0.4, -0.2) is 9.97 Å². The second-order valence-corrected chi connectivity index (χ2v) is 4.95. The SMILES string of the molecule is Brc1cc(NCc2ccco2)nc(C2CC2)n1. The van der Waals surface area contributed by atoms with Gasteiger partial charge in [-0.05, 0) is 40.9 Å². The van der Waals surface area contributed by atoms with Crippen molar-refractivity contribution >= 4 is 21.7 Å². The maximum absolute atomic E-state index is 5.26. The van der Waals surface area contributed by atoms with Gasteiger partial charge in [-0.3, -0.25) is 0 Å². The summed E-state index contributed by atoms with van der Waals surface area (Å²) >= 11 is 3.41. The van der Waals surface area contributed by atoms with Crippen LogP contribution in [0.25, 0.3) is 0 Å². The zero-order valence-electron chi connectivity index (χ0n) is 9.19. The van der Waals surface area contributed by atoms with Gasteiger partial charge in [0, 0.05) is 12.0 Å². The Bertz CT molecular complexity index is 508. The van der Waals surface area contributed by atoms with Gasteiger partial charge in [0.15, 0.2) is 0 Å². The average Bonchev–Trinajstić information content (AvgIpc) is 3.04. The Morgan fingerprint density at radius 2 is 2.29 bits per heavy atom. The Balaban J connectivity index is 1.73. The molecule has 17 heavy (non-hydrogen) atoms. The number of nitrogens with one attached hydrogen (secondary N) is 1. The van der Waals surface area contributed by atoms with E-state index in [0.29, 0.717) is 12.5 Å². The van der Waals surface area contributed by atoms with E-state index >= 15 is 0 Å². The molecule has 0 aromatic carbocycles. The van der Waals surface area contributed by atoms with E-state index in [1.165, 1.54) is 12.8 Å². The van der Waals surface area contributed by atoms with Crippen molar-refractivity contribution in [2.24, 2.45) is 0 Å². The molecular weight excluding hydrogens is 282 g/mol. The topological polar surface area (TPSA) is 51.0 Å². The molecule has 0 unspecified atom stereocenters. The highest BCUT2D eigenvalue weighted by Crippen LogP contribution is 2.38. The van der Waals surface area contributed by atoms with E-state index in [-0.39, 0.29) is 0 Å². The molecule has 3 rings (SSSR count). The fourth-order valence-corrected chi connectivity index (χ4v) is 2.04. The largest absolute Gasteiger partial charge is 0.467 e. The number of nitrogens with zero attached hydrogens (tertiary/aromatic N) is 2.